The van der Waals surface area contributed by atoms with Crippen LogP contribution in [0.1, 0.15) is 102 Å². The van der Waals surface area contributed by atoms with Gasteiger partial charge < -0.3 is 16.2 Å². The minimum absolute atomic E-state index is 0.0999. The summed E-state index contributed by atoms with van der Waals surface area (Å²) in [6.45, 7) is 2.65. The number of carbonyl (C=O) groups is 1. The third-order valence-corrected chi connectivity index (χ3v) is 5.29. The number of hydrogen-bond donors (Lipinski definition) is 2. The van der Waals surface area contributed by atoms with Crippen molar-refractivity contribution in [2.45, 2.75) is 103 Å². The number of hydrogen-bond acceptors (Lipinski definition) is 4. The van der Waals surface area contributed by atoms with Crippen molar-refractivity contribution in [3.8, 4) is 0 Å². The van der Waals surface area contributed by atoms with Crippen LogP contribution in [0.3, 0.4) is 0 Å². The SMILES string of the molecule is CCCCCCCCCCCCCCCC(=O)OCCc1ccc(N)cc1N. The molecule has 28 heavy (non-hydrogen) atoms. The Kier molecular flexibility index (Phi) is 14.1. The molecular weight excluding hydrogens is 348 g/mol. The normalized spacial score (nSPS) is 10.9. The monoisotopic (exact) mass is 390 g/mol. The van der Waals surface area contributed by atoms with Gasteiger partial charge in [-0.25, -0.2) is 0 Å². The van der Waals surface area contributed by atoms with Gasteiger partial charge in [-0.15, -0.1) is 0 Å². The summed E-state index contributed by atoms with van der Waals surface area (Å²) in [5, 5.41) is 0. The van der Waals surface area contributed by atoms with Crippen LogP contribution in [0, 0.1) is 0 Å². The molecule has 4 N–H and O–H groups in total. The predicted molar refractivity (Wildman–Crippen MR) is 120 cm³/mol. The van der Waals surface area contributed by atoms with Crippen molar-refractivity contribution in [1.29, 1.82) is 0 Å². The molecule has 0 saturated carbocycles. The Labute approximate surface area is 172 Å². The second-order valence-electron chi connectivity index (χ2n) is 7.92. The van der Waals surface area contributed by atoms with Crippen LogP contribution in [0.4, 0.5) is 11.4 Å². The van der Waals surface area contributed by atoms with Crippen molar-refractivity contribution in [1.82, 2.24) is 0 Å². The first-order valence-electron chi connectivity index (χ1n) is 11.4. The maximum atomic E-state index is 11.8. The number of ether oxygens (including phenoxy) is 1. The molecule has 0 unspecified atom stereocenters. The topological polar surface area (TPSA) is 78.3 Å². The summed E-state index contributed by atoms with van der Waals surface area (Å²) in [4.78, 5) is 11.8. The molecule has 0 aliphatic rings. The van der Waals surface area contributed by atoms with Crippen LogP contribution < -0.4 is 11.5 Å². The maximum absolute atomic E-state index is 11.8. The Morgan fingerprint density at radius 2 is 1.36 bits per heavy atom. The van der Waals surface area contributed by atoms with Crippen LogP contribution in [-0.2, 0) is 16.0 Å². The van der Waals surface area contributed by atoms with Gasteiger partial charge in [-0.05, 0) is 24.1 Å². The molecule has 1 aromatic carbocycles. The second-order valence-corrected chi connectivity index (χ2v) is 7.92. The minimum atomic E-state index is -0.0999. The molecule has 0 radical (unpaired) electrons. The van der Waals surface area contributed by atoms with Crippen molar-refractivity contribution >= 4 is 17.3 Å². The number of unbranched alkanes of at least 4 members (excludes halogenated alkanes) is 12. The van der Waals surface area contributed by atoms with E-state index in [2.05, 4.69) is 6.92 Å². The third-order valence-electron chi connectivity index (χ3n) is 5.29. The van der Waals surface area contributed by atoms with Gasteiger partial charge in [0.05, 0.1) is 6.61 Å². The van der Waals surface area contributed by atoms with Gasteiger partial charge in [-0.3, -0.25) is 4.79 Å². The summed E-state index contributed by atoms with van der Waals surface area (Å²) in [7, 11) is 0. The number of anilines is 2. The highest BCUT2D eigenvalue weighted by Gasteiger charge is 2.05. The Morgan fingerprint density at radius 3 is 1.89 bits per heavy atom. The van der Waals surface area contributed by atoms with Crippen molar-refractivity contribution < 1.29 is 9.53 Å². The maximum Gasteiger partial charge on any atom is 0.305 e. The fourth-order valence-corrected chi connectivity index (χ4v) is 3.48. The third kappa shape index (κ3) is 12.6. The molecule has 0 aliphatic carbocycles. The van der Waals surface area contributed by atoms with Crippen LogP contribution in [0.15, 0.2) is 18.2 Å². The van der Waals surface area contributed by atoms with Gasteiger partial charge in [0.15, 0.2) is 0 Å². The zero-order valence-corrected chi connectivity index (χ0v) is 18.0. The number of nitrogen functional groups attached to an aromatic ring is 2. The molecule has 1 rings (SSSR count). The first kappa shape index (κ1) is 24.3. The van der Waals surface area contributed by atoms with E-state index in [0.717, 1.165) is 18.4 Å². The summed E-state index contributed by atoms with van der Waals surface area (Å²) >= 11 is 0. The van der Waals surface area contributed by atoms with E-state index in [9.17, 15) is 4.79 Å². The van der Waals surface area contributed by atoms with E-state index in [-0.39, 0.29) is 5.97 Å². The van der Waals surface area contributed by atoms with Crippen LogP contribution in [0.5, 0.6) is 0 Å². The number of rotatable bonds is 17. The van der Waals surface area contributed by atoms with Gasteiger partial charge >= 0.3 is 5.97 Å². The van der Waals surface area contributed by atoms with Crippen LogP contribution in [0.2, 0.25) is 0 Å². The highest BCUT2D eigenvalue weighted by atomic mass is 16.5. The molecule has 0 saturated heterocycles. The van der Waals surface area contributed by atoms with Crippen LogP contribution in [0.25, 0.3) is 0 Å². The highest BCUT2D eigenvalue weighted by Crippen LogP contribution is 2.16. The smallest absolute Gasteiger partial charge is 0.305 e. The van der Waals surface area contributed by atoms with E-state index < -0.39 is 0 Å². The minimum Gasteiger partial charge on any atom is -0.465 e. The van der Waals surface area contributed by atoms with E-state index in [0.29, 0.717) is 30.8 Å². The van der Waals surface area contributed by atoms with E-state index in [1.54, 1.807) is 6.07 Å². The number of benzene rings is 1. The fourth-order valence-electron chi connectivity index (χ4n) is 3.48. The zero-order chi connectivity index (χ0) is 20.5. The molecule has 4 heteroatoms. The summed E-state index contributed by atoms with van der Waals surface area (Å²) in [5.74, 6) is -0.0999. The summed E-state index contributed by atoms with van der Waals surface area (Å²) in [6.07, 6.45) is 18.2. The van der Waals surface area contributed by atoms with Gasteiger partial charge in [0.2, 0.25) is 0 Å². The van der Waals surface area contributed by atoms with Gasteiger partial charge in [0, 0.05) is 24.2 Å². The van der Waals surface area contributed by atoms with Crippen molar-refractivity contribution in [2.75, 3.05) is 18.1 Å². The first-order chi connectivity index (χ1) is 13.6. The molecule has 0 aliphatic heterocycles. The average molecular weight is 391 g/mol. The Hall–Kier alpha value is -1.71. The lowest BCUT2D eigenvalue weighted by molar-refractivity contribution is -0.143. The summed E-state index contributed by atoms with van der Waals surface area (Å²) in [6, 6.07) is 5.46. The molecule has 0 heterocycles. The number of nitrogens with two attached hydrogens (primary N) is 2. The van der Waals surface area contributed by atoms with Gasteiger partial charge in [-0.1, -0.05) is 90.0 Å². The molecule has 160 valence electrons. The summed E-state index contributed by atoms with van der Waals surface area (Å²) < 4.78 is 5.31. The van der Waals surface area contributed by atoms with E-state index in [4.69, 9.17) is 16.2 Å². The standard InChI is InChI=1S/C24H42N2O2/c1-2-3-4-5-6-7-8-9-10-11-12-13-14-15-24(27)28-19-18-21-16-17-22(25)20-23(21)26/h16-17,20H,2-15,18-19,25-26H2,1H3. The van der Waals surface area contributed by atoms with Crippen molar-refractivity contribution in [2.24, 2.45) is 0 Å². The lowest BCUT2D eigenvalue weighted by atomic mass is 10.0. The molecule has 0 spiro atoms. The highest BCUT2D eigenvalue weighted by molar-refractivity contribution is 5.69. The molecule has 0 amide bonds. The zero-order valence-electron chi connectivity index (χ0n) is 18.0. The van der Waals surface area contributed by atoms with Gasteiger partial charge in [0.1, 0.15) is 0 Å². The molecule has 4 nitrogen and oxygen atoms in total. The molecular formula is C24H42N2O2. The van der Waals surface area contributed by atoms with E-state index in [1.165, 1.54) is 70.6 Å². The second kappa shape index (κ2) is 16.3. The average Bonchev–Trinajstić information content (AvgIpc) is 2.67. The number of esters is 1. The van der Waals surface area contributed by atoms with Crippen molar-refractivity contribution in [3.63, 3.8) is 0 Å². The molecule has 0 aromatic heterocycles. The van der Waals surface area contributed by atoms with E-state index in [1.807, 2.05) is 12.1 Å². The van der Waals surface area contributed by atoms with E-state index >= 15 is 0 Å². The van der Waals surface area contributed by atoms with Crippen LogP contribution in [-0.4, -0.2) is 12.6 Å². The molecule has 0 fully saturated rings. The molecule has 1 aromatic rings. The van der Waals surface area contributed by atoms with Crippen molar-refractivity contribution in [3.05, 3.63) is 23.8 Å². The van der Waals surface area contributed by atoms with Crippen LogP contribution >= 0.6 is 0 Å². The molecule has 0 atom stereocenters. The quantitative estimate of drug-likeness (QED) is 0.183. The van der Waals surface area contributed by atoms with Gasteiger partial charge in [0.25, 0.3) is 0 Å². The van der Waals surface area contributed by atoms with Gasteiger partial charge in [-0.2, -0.15) is 0 Å². The summed E-state index contributed by atoms with van der Waals surface area (Å²) in [5.41, 5.74) is 13.9. The first-order valence-corrected chi connectivity index (χ1v) is 11.4. The largest absolute Gasteiger partial charge is 0.465 e. The predicted octanol–water partition coefficient (Wildman–Crippen LogP) is 6.42. The Balaban J connectivity index is 1.87. The molecule has 0 bridgehead atoms. The lowest BCUT2D eigenvalue weighted by Gasteiger charge is -2.08. The Morgan fingerprint density at radius 1 is 0.821 bits per heavy atom. The fraction of sp³-hybridized carbons (Fsp3) is 0.708. The number of carbonyl (C=O) groups excluding carboxylic acids is 1. The lowest BCUT2D eigenvalue weighted by Crippen LogP contribution is -2.08. The Bertz CT molecular complexity index is 531.